The van der Waals surface area contributed by atoms with Crippen LogP contribution in [0.25, 0.3) is 0 Å². The summed E-state index contributed by atoms with van der Waals surface area (Å²) in [5.74, 6) is 1.57. The van der Waals surface area contributed by atoms with E-state index in [9.17, 15) is 0 Å². The van der Waals surface area contributed by atoms with Gasteiger partial charge in [0.2, 0.25) is 0 Å². The van der Waals surface area contributed by atoms with E-state index in [-0.39, 0.29) is 6.04 Å². The van der Waals surface area contributed by atoms with Crippen molar-refractivity contribution in [2.45, 2.75) is 19.4 Å². The molecule has 4 nitrogen and oxygen atoms in total. The van der Waals surface area contributed by atoms with Crippen molar-refractivity contribution in [3.63, 3.8) is 0 Å². The van der Waals surface area contributed by atoms with Crippen LogP contribution in [0.2, 0.25) is 0 Å². The summed E-state index contributed by atoms with van der Waals surface area (Å²) in [5, 5.41) is 1.97. The molecule has 102 valence electrons. The molecule has 2 aromatic heterocycles. The predicted molar refractivity (Wildman–Crippen MR) is 76.9 cm³/mol. The van der Waals surface area contributed by atoms with Crippen LogP contribution in [0, 0.1) is 0 Å². The average Bonchev–Trinajstić information content (AvgIpc) is 2.93. The van der Waals surface area contributed by atoms with Crippen LogP contribution in [-0.4, -0.2) is 18.7 Å². The molecular weight excluding hydrogens is 260 g/mol. The Morgan fingerprint density at radius 1 is 1.42 bits per heavy atom. The molecule has 0 radical (unpaired) electrons. The first-order chi connectivity index (χ1) is 9.26. The number of aromatic nitrogens is 1. The van der Waals surface area contributed by atoms with Crippen LogP contribution in [0.15, 0.2) is 29.9 Å². The van der Waals surface area contributed by atoms with E-state index in [0.29, 0.717) is 6.61 Å². The van der Waals surface area contributed by atoms with Crippen LogP contribution in [0.3, 0.4) is 0 Å². The van der Waals surface area contributed by atoms with Crippen molar-refractivity contribution in [3.8, 4) is 11.5 Å². The summed E-state index contributed by atoms with van der Waals surface area (Å²) >= 11 is 1.58. The SMILES string of the molecule is CCCOc1cncc(C(N)c2sccc2OC)c1. The minimum Gasteiger partial charge on any atom is -0.496 e. The highest BCUT2D eigenvalue weighted by molar-refractivity contribution is 7.10. The molecule has 2 rings (SSSR count). The number of hydrogen-bond donors (Lipinski definition) is 1. The number of hydrogen-bond acceptors (Lipinski definition) is 5. The molecule has 0 aliphatic heterocycles. The molecule has 0 saturated heterocycles. The summed E-state index contributed by atoms with van der Waals surface area (Å²) in [6, 6.07) is 3.62. The molecule has 0 bridgehead atoms. The summed E-state index contributed by atoms with van der Waals surface area (Å²) in [5.41, 5.74) is 7.19. The zero-order chi connectivity index (χ0) is 13.7. The van der Waals surface area contributed by atoms with Gasteiger partial charge in [0, 0.05) is 6.20 Å². The smallest absolute Gasteiger partial charge is 0.137 e. The summed E-state index contributed by atoms with van der Waals surface area (Å²) in [6.45, 7) is 2.75. The largest absolute Gasteiger partial charge is 0.496 e. The molecule has 0 aromatic carbocycles. The monoisotopic (exact) mass is 278 g/mol. The fraction of sp³-hybridized carbons (Fsp3) is 0.357. The number of methoxy groups -OCH3 is 1. The normalized spacial score (nSPS) is 12.2. The van der Waals surface area contributed by atoms with Gasteiger partial charge in [0.15, 0.2) is 0 Å². The van der Waals surface area contributed by atoms with Gasteiger partial charge in [0.1, 0.15) is 11.5 Å². The lowest BCUT2D eigenvalue weighted by atomic mass is 10.1. The van der Waals surface area contributed by atoms with Gasteiger partial charge < -0.3 is 15.2 Å². The van der Waals surface area contributed by atoms with Crippen LogP contribution in [0.4, 0.5) is 0 Å². The van der Waals surface area contributed by atoms with E-state index in [4.69, 9.17) is 15.2 Å². The molecule has 0 aliphatic rings. The lowest BCUT2D eigenvalue weighted by Crippen LogP contribution is -2.12. The molecule has 5 heteroatoms. The molecule has 1 unspecified atom stereocenters. The highest BCUT2D eigenvalue weighted by atomic mass is 32.1. The molecule has 1 atom stereocenters. The van der Waals surface area contributed by atoms with Crippen molar-refractivity contribution in [1.82, 2.24) is 4.98 Å². The van der Waals surface area contributed by atoms with Crippen LogP contribution in [0.1, 0.15) is 29.8 Å². The Bertz CT molecular complexity index is 528. The zero-order valence-corrected chi connectivity index (χ0v) is 11.9. The van der Waals surface area contributed by atoms with E-state index in [2.05, 4.69) is 11.9 Å². The van der Waals surface area contributed by atoms with Gasteiger partial charge >= 0.3 is 0 Å². The Morgan fingerprint density at radius 2 is 2.26 bits per heavy atom. The van der Waals surface area contributed by atoms with Crippen molar-refractivity contribution in [3.05, 3.63) is 40.3 Å². The molecule has 2 heterocycles. The van der Waals surface area contributed by atoms with Gasteiger partial charge in [0.25, 0.3) is 0 Å². The van der Waals surface area contributed by atoms with E-state index in [1.807, 2.05) is 17.5 Å². The maximum absolute atomic E-state index is 6.27. The molecule has 0 fully saturated rings. The first-order valence-corrected chi connectivity index (χ1v) is 7.09. The molecule has 0 amide bonds. The molecule has 2 N–H and O–H groups in total. The van der Waals surface area contributed by atoms with Gasteiger partial charge in [-0.25, -0.2) is 0 Å². The van der Waals surface area contributed by atoms with Crippen molar-refractivity contribution in [2.75, 3.05) is 13.7 Å². The van der Waals surface area contributed by atoms with Gasteiger partial charge in [-0.15, -0.1) is 11.3 Å². The third kappa shape index (κ3) is 3.24. The standard InChI is InChI=1S/C14H18N2O2S/c1-3-5-18-11-7-10(8-16-9-11)13(15)14-12(17-2)4-6-19-14/h4,6-9,13H,3,5,15H2,1-2H3. The second-order valence-electron chi connectivity index (χ2n) is 4.13. The van der Waals surface area contributed by atoms with E-state index in [1.165, 1.54) is 0 Å². The number of pyridine rings is 1. The molecular formula is C14H18N2O2S. The Morgan fingerprint density at radius 3 is 3.00 bits per heavy atom. The van der Waals surface area contributed by atoms with Crippen molar-refractivity contribution in [2.24, 2.45) is 5.73 Å². The highest BCUT2D eigenvalue weighted by Gasteiger charge is 2.16. The van der Waals surface area contributed by atoms with Crippen LogP contribution < -0.4 is 15.2 Å². The number of rotatable bonds is 6. The zero-order valence-electron chi connectivity index (χ0n) is 11.1. The van der Waals surface area contributed by atoms with E-state index in [1.54, 1.807) is 30.8 Å². The van der Waals surface area contributed by atoms with Crippen molar-refractivity contribution < 1.29 is 9.47 Å². The average molecular weight is 278 g/mol. The number of nitrogens with two attached hydrogens (primary N) is 1. The second kappa shape index (κ2) is 6.54. The Kier molecular flexibility index (Phi) is 4.76. The Balaban J connectivity index is 2.21. The van der Waals surface area contributed by atoms with Crippen LogP contribution >= 0.6 is 11.3 Å². The molecule has 19 heavy (non-hydrogen) atoms. The third-order valence-electron chi connectivity index (χ3n) is 2.73. The maximum atomic E-state index is 6.27. The minimum atomic E-state index is -0.243. The second-order valence-corrected chi connectivity index (χ2v) is 5.08. The highest BCUT2D eigenvalue weighted by Crippen LogP contribution is 2.33. The first-order valence-electron chi connectivity index (χ1n) is 6.21. The molecule has 0 spiro atoms. The first kappa shape index (κ1) is 13.8. The number of nitrogens with zero attached hydrogens (tertiary/aromatic N) is 1. The summed E-state index contributed by atoms with van der Waals surface area (Å²) < 4.78 is 10.9. The Labute approximate surface area is 117 Å². The van der Waals surface area contributed by atoms with E-state index < -0.39 is 0 Å². The summed E-state index contributed by atoms with van der Waals surface area (Å²) in [4.78, 5) is 5.18. The van der Waals surface area contributed by atoms with Crippen molar-refractivity contribution >= 4 is 11.3 Å². The van der Waals surface area contributed by atoms with Gasteiger partial charge in [-0.2, -0.15) is 0 Å². The molecule has 0 aliphatic carbocycles. The van der Waals surface area contributed by atoms with Crippen LogP contribution in [-0.2, 0) is 0 Å². The predicted octanol–water partition coefficient (Wildman–Crippen LogP) is 2.99. The summed E-state index contributed by atoms with van der Waals surface area (Å²) in [6.07, 6.45) is 4.44. The molecule has 2 aromatic rings. The van der Waals surface area contributed by atoms with E-state index >= 15 is 0 Å². The quantitative estimate of drug-likeness (QED) is 0.882. The Hall–Kier alpha value is -1.59. The number of thiophene rings is 1. The van der Waals surface area contributed by atoms with Crippen LogP contribution in [0.5, 0.6) is 11.5 Å². The van der Waals surface area contributed by atoms with Gasteiger partial charge in [-0.05, 0) is 29.5 Å². The topological polar surface area (TPSA) is 57.4 Å². The van der Waals surface area contributed by atoms with E-state index in [0.717, 1.165) is 28.4 Å². The van der Waals surface area contributed by atoms with Crippen molar-refractivity contribution in [1.29, 1.82) is 0 Å². The maximum Gasteiger partial charge on any atom is 0.137 e. The molecule has 0 saturated carbocycles. The number of ether oxygens (including phenoxy) is 2. The fourth-order valence-corrected chi connectivity index (χ4v) is 2.65. The van der Waals surface area contributed by atoms with Gasteiger partial charge in [0.05, 0.1) is 30.8 Å². The van der Waals surface area contributed by atoms with Gasteiger partial charge in [-0.3, -0.25) is 4.98 Å². The van der Waals surface area contributed by atoms with Gasteiger partial charge in [-0.1, -0.05) is 6.92 Å². The lowest BCUT2D eigenvalue weighted by Gasteiger charge is -2.13. The third-order valence-corrected chi connectivity index (χ3v) is 3.71. The minimum absolute atomic E-state index is 0.243. The lowest BCUT2D eigenvalue weighted by molar-refractivity contribution is 0.315. The fourth-order valence-electron chi connectivity index (χ4n) is 1.76. The summed E-state index contributed by atoms with van der Waals surface area (Å²) in [7, 11) is 1.65.